The van der Waals surface area contributed by atoms with Crippen molar-refractivity contribution in [3.8, 4) is 0 Å². The monoisotopic (exact) mass is 364 g/mol. The number of hydrogen-bond donors (Lipinski definition) is 1. The Kier molecular flexibility index (Phi) is 5.25. The second kappa shape index (κ2) is 7.58. The Balaban J connectivity index is 1.41. The molecule has 2 saturated heterocycles. The molecule has 0 unspecified atom stereocenters. The zero-order chi connectivity index (χ0) is 16.4. The predicted molar refractivity (Wildman–Crippen MR) is 102 cm³/mol. The molecule has 1 atom stereocenters. The molecule has 4 nitrogen and oxygen atoms in total. The van der Waals surface area contributed by atoms with Crippen LogP contribution in [0.1, 0.15) is 29.4 Å². The third-order valence-electron chi connectivity index (χ3n) is 4.76. The lowest BCUT2D eigenvalue weighted by molar-refractivity contribution is 0.167. The highest BCUT2D eigenvalue weighted by Gasteiger charge is 2.35. The Morgan fingerprint density at radius 2 is 2.08 bits per heavy atom. The molecule has 3 fully saturated rings. The van der Waals surface area contributed by atoms with E-state index in [1.54, 1.807) is 0 Å². The smallest absolute Gasteiger partial charge is 0.322 e. The van der Waals surface area contributed by atoms with E-state index in [1.807, 2.05) is 34.5 Å². The van der Waals surface area contributed by atoms with E-state index >= 15 is 0 Å². The quantitative estimate of drug-likeness (QED) is 0.850. The number of rotatable bonds is 5. The molecule has 1 aromatic rings. The van der Waals surface area contributed by atoms with E-state index in [2.05, 4.69) is 23.5 Å². The van der Waals surface area contributed by atoms with Crippen molar-refractivity contribution in [2.45, 2.75) is 29.9 Å². The van der Waals surface area contributed by atoms with Crippen LogP contribution in [0.15, 0.2) is 24.3 Å². The predicted octanol–water partition coefficient (Wildman–Crippen LogP) is 4.20. The summed E-state index contributed by atoms with van der Waals surface area (Å²) in [4.78, 5) is 14.8. The number of thioether (sulfide) groups is 2. The first-order valence-corrected chi connectivity index (χ1v) is 10.9. The van der Waals surface area contributed by atoms with Crippen LogP contribution in [0.5, 0.6) is 0 Å². The van der Waals surface area contributed by atoms with Gasteiger partial charge in [0.05, 0.1) is 11.2 Å². The average Bonchev–Trinajstić information content (AvgIpc) is 3.08. The number of hydrogen-bond acceptors (Lipinski definition) is 4. The Bertz CT molecular complexity index is 582. The van der Waals surface area contributed by atoms with Gasteiger partial charge in [-0.05, 0) is 37.0 Å². The van der Waals surface area contributed by atoms with Gasteiger partial charge in [0.1, 0.15) is 0 Å². The summed E-state index contributed by atoms with van der Waals surface area (Å²) >= 11 is 3.98. The van der Waals surface area contributed by atoms with Gasteiger partial charge in [-0.25, -0.2) is 4.79 Å². The number of nitrogens with one attached hydrogen (secondary N) is 1. The van der Waals surface area contributed by atoms with E-state index in [1.165, 1.54) is 17.1 Å². The second-order valence-electron chi connectivity index (χ2n) is 6.74. The fourth-order valence-electron chi connectivity index (χ4n) is 3.30. The number of nitrogens with zero attached hydrogens (tertiary/aromatic N) is 1. The molecule has 130 valence electrons. The molecule has 1 aliphatic carbocycles. The molecule has 2 heterocycles. The first-order valence-electron chi connectivity index (χ1n) is 8.78. The Hall–Kier alpha value is -0.850. The summed E-state index contributed by atoms with van der Waals surface area (Å²) in [6, 6.07) is 8.83. The highest BCUT2D eigenvalue weighted by molar-refractivity contribution is 8.19. The van der Waals surface area contributed by atoms with Gasteiger partial charge in [-0.3, -0.25) is 0 Å². The van der Waals surface area contributed by atoms with Crippen LogP contribution in [0.25, 0.3) is 0 Å². The topological polar surface area (TPSA) is 41.6 Å². The molecule has 2 aliphatic heterocycles. The molecule has 0 radical (unpaired) electrons. The lowest BCUT2D eigenvalue weighted by Gasteiger charge is -2.25. The maximum Gasteiger partial charge on any atom is 0.322 e. The minimum Gasteiger partial charge on any atom is -0.381 e. The van der Waals surface area contributed by atoms with Gasteiger partial charge in [0.2, 0.25) is 0 Å². The van der Waals surface area contributed by atoms with Crippen LogP contribution in [-0.4, -0.2) is 48.2 Å². The van der Waals surface area contributed by atoms with Gasteiger partial charge in [-0.2, -0.15) is 0 Å². The van der Waals surface area contributed by atoms with Gasteiger partial charge in [0.25, 0.3) is 0 Å². The Labute approximate surface area is 152 Å². The maximum atomic E-state index is 12.8. The summed E-state index contributed by atoms with van der Waals surface area (Å²) in [5, 5.41) is 3.13. The molecular weight excluding hydrogens is 340 g/mol. The van der Waals surface area contributed by atoms with E-state index < -0.39 is 0 Å². The molecule has 2 amide bonds. The second-order valence-corrected chi connectivity index (χ2v) is 9.47. The molecule has 0 aromatic heterocycles. The fraction of sp³-hybridized carbons (Fsp3) is 0.611. The van der Waals surface area contributed by atoms with Crippen LogP contribution in [0.4, 0.5) is 10.5 Å². The highest BCUT2D eigenvalue weighted by Crippen LogP contribution is 2.45. The van der Waals surface area contributed by atoms with Crippen LogP contribution >= 0.6 is 23.5 Å². The van der Waals surface area contributed by atoms with Crippen LogP contribution in [0, 0.1) is 5.92 Å². The SMILES string of the molecule is O=C(Nc1cccc(C2SCCS2)c1)N(C[C@@H]1CCOC1)C1CC1. The zero-order valence-electron chi connectivity index (χ0n) is 13.8. The van der Waals surface area contributed by atoms with Gasteiger partial charge < -0.3 is 15.0 Å². The molecule has 6 heteroatoms. The van der Waals surface area contributed by atoms with Crippen LogP contribution < -0.4 is 5.32 Å². The molecule has 4 rings (SSSR count). The van der Waals surface area contributed by atoms with Crippen molar-refractivity contribution in [3.05, 3.63) is 29.8 Å². The normalized spacial score (nSPS) is 24.2. The molecule has 0 spiro atoms. The number of amides is 2. The first kappa shape index (κ1) is 16.6. The summed E-state index contributed by atoms with van der Waals surface area (Å²) in [6.45, 7) is 2.45. The van der Waals surface area contributed by atoms with Crippen molar-refractivity contribution in [1.29, 1.82) is 0 Å². The largest absolute Gasteiger partial charge is 0.381 e. The van der Waals surface area contributed by atoms with E-state index in [-0.39, 0.29) is 6.03 Å². The van der Waals surface area contributed by atoms with Crippen molar-refractivity contribution in [1.82, 2.24) is 4.90 Å². The number of anilines is 1. The maximum absolute atomic E-state index is 12.8. The lowest BCUT2D eigenvalue weighted by Crippen LogP contribution is -2.40. The molecule has 1 N–H and O–H groups in total. The molecule has 24 heavy (non-hydrogen) atoms. The van der Waals surface area contributed by atoms with E-state index in [0.717, 1.165) is 44.7 Å². The summed E-state index contributed by atoms with van der Waals surface area (Å²) in [7, 11) is 0. The summed E-state index contributed by atoms with van der Waals surface area (Å²) in [5.41, 5.74) is 2.22. The van der Waals surface area contributed by atoms with Crippen LogP contribution in [0.3, 0.4) is 0 Å². The Morgan fingerprint density at radius 1 is 1.25 bits per heavy atom. The third kappa shape index (κ3) is 4.03. The molecule has 0 bridgehead atoms. The molecule has 1 aromatic carbocycles. The van der Waals surface area contributed by atoms with Gasteiger partial charge >= 0.3 is 6.03 Å². The average molecular weight is 365 g/mol. The number of benzene rings is 1. The summed E-state index contributed by atoms with van der Waals surface area (Å²) in [6.07, 6.45) is 3.34. The number of carbonyl (C=O) groups is 1. The summed E-state index contributed by atoms with van der Waals surface area (Å²) < 4.78 is 5.98. The zero-order valence-corrected chi connectivity index (χ0v) is 15.4. The highest BCUT2D eigenvalue weighted by atomic mass is 32.2. The minimum absolute atomic E-state index is 0.0493. The van der Waals surface area contributed by atoms with Gasteiger partial charge in [-0.1, -0.05) is 12.1 Å². The van der Waals surface area contributed by atoms with Crippen molar-refractivity contribution in [2.75, 3.05) is 36.6 Å². The number of urea groups is 1. The van der Waals surface area contributed by atoms with Crippen LogP contribution in [0.2, 0.25) is 0 Å². The van der Waals surface area contributed by atoms with E-state index in [9.17, 15) is 4.79 Å². The molecule has 3 aliphatic rings. The molecular formula is C18H24N2O2S2. The van der Waals surface area contributed by atoms with Crippen molar-refractivity contribution < 1.29 is 9.53 Å². The summed E-state index contributed by atoms with van der Waals surface area (Å²) in [5.74, 6) is 2.92. The van der Waals surface area contributed by atoms with Crippen molar-refractivity contribution >= 4 is 35.2 Å². The van der Waals surface area contributed by atoms with E-state index in [4.69, 9.17) is 4.74 Å². The van der Waals surface area contributed by atoms with Crippen molar-refractivity contribution in [2.24, 2.45) is 5.92 Å². The van der Waals surface area contributed by atoms with Gasteiger partial charge in [-0.15, -0.1) is 23.5 Å². The number of ether oxygens (including phenoxy) is 1. The van der Waals surface area contributed by atoms with E-state index in [0.29, 0.717) is 16.5 Å². The first-order chi connectivity index (χ1) is 11.8. The van der Waals surface area contributed by atoms with Crippen LogP contribution in [-0.2, 0) is 4.74 Å². The third-order valence-corrected chi connectivity index (χ3v) is 7.86. The standard InChI is InChI=1S/C18H24N2O2S2/c21-18(20(16-4-5-16)11-13-6-7-22-12-13)19-15-3-1-2-14(10-15)17-23-8-9-24-17/h1-3,10,13,16-17H,4-9,11-12H2,(H,19,21)/t13-/m0/s1. The molecule has 1 saturated carbocycles. The minimum atomic E-state index is 0.0493. The lowest BCUT2D eigenvalue weighted by atomic mass is 10.1. The fourth-order valence-corrected chi connectivity index (χ4v) is 6.14. The Morgan fingerprint density at radius 3 is 2.79 bits per heavy atom. The number of carbonyl (C=O) groups excluding carboxylic acids is 1. The van der Waals surface area contributed by atoms with Crippen molar-refractivity contribution in [3.63, 3.8) is 0 Å². The van der Waals surface area contributed by atoms with Gasteiger partial charge in [0, 0.05) is 42.3 Å². The van der Waals surface area contributed by atoms with Gasteiger partial charge in [0.15, 0.2) is 0 Å².